The van der Waals surface area contributed by atoms with Crippen LogP contribution in [0.1, 0.15) is 24.1 Å². The molecule has 1 unspecified atom stereocenters. The van der Waals surface area contributed by atoms with Crippen LogP contribution >= 0.6 is 0 Å². The van der Waals surface area contributed by atoms with Crippen LogP contribution in [0.15, 0.2) is 79.1 Å². The molecule has 1 atom stereocenters. The fourth-order valence-corrected chi connectivity index (χ4v) is 2.81. The number of nitrogens with one attached hydrogen (secondary N) is 1. The van der Waals surface area contributed by atoms with Gasteiger partial charge < -0.3 is 10.2 Å². The molecule has 2 amide bonds. The molecule has 0 radical (unpaired) electrons. The van der Waals surface area contributed by atoms with E-state index in [2.05, 4.69) is 22.4 Å². The van der Waals surface area contributed by atoms with Gasteiger partial charge in [-0.15, -0.1) is 0 Å². The average molecular weight is 345 g/mol. The van der Waals surface area contributed by atoms with Crippen molar-refractivity contribution in [2.24, 2.45) is 0 Å². The number of pyridine rings is 1. The van der Waals surface area contributed by atoms with Gasteiger partial charge >= 0.3 is 6.03 Å². The summed E-state index contributed by atoms with van der Waals surface area (Å²) in [6, 6.07) is 22.0. The Morgan fingerprint density at radius 3 is 2.38 bits per heavy atom. The lowest BCUT2D eigenvalue weighted by Crippen LogP contribution is -2.38. The second kappa shape index (κ2) is 8.30. The third kappa shape index (κ3) is 4.48. The Labute approximate surface area is 154 Å². The predicted molar refractivity (Wildman–Crippen MR) is 105 cm³/mol. The van der Waals surface area contributed by atoms with Crippen LogP contribution in [0.3, 0.4) is 0 Å². The molecule has 1 N–H and O–H groups in total. The van der Waals surface area contributed by atoms with E-state index in [9.17, 15) is 4.79 Å². The van der Waals surface area contributed by atoms with Gasteiger partial charge in [0.15, 0.2) is 0 Å². The van der Waals surface area contributed by atoms with Gasteiger partial charge in [0.25, 0.3) is 0 Å². The number of carbonyl (C=O) groups excluding carboxylic acids is 1. The molecule has 0 spiro atoms. The number of hydrogen-bond acceptors (Lipinski definition) is 2. The zero-order valence-corrected chi connectivity index (χ0v) is 15.1. The first-order chi connectivity index (χ1) is 12.6. The van der Waals surface area contributed by atoms with Gasteiger partial charge in [-0.25, -0.2) is 4.79 Å². The Morgan fingerprint density at radius 1 is 1.00 bits per heavy atom. The lowest BCUT2D eigenvalue weighted by Gasteiger charge is -2.22. The zero-order valence-electron chi connectivity index (χ0n) is 15.1. The highest BCUT2D eigenvalue weighted by atomic mass is 16.2. The molecule has 3 aromatic rings. The van der Waals surface area contributed by atoms with Crippen molar-refractivity contribution < 1.29 is 4.79 Å². The highest BCUT2D eigenvalue weighted by Crippen LogP contribution is 2.21. The van der Waals surface area contributed by atoms with E-state index in [1.165, 1.54) is 0 Å². The van der Waals surface area contributed by atoms with Gasteiger partial charge in [0.2, 0.25) is 0 Å². The topological polar surface area (TPSA) is 45.2 Å². The summed E-state index contributed by atoms with van der Waals surface area (Å²) >= 11 is 0. The third-order valence-electron chi connectivity index (χ3n) is 4.35. The summed E-state index contributed by atoms with van der Waals surface area (Å²) < 4.78 is 0. The second-order valence-corrected chi connectivity index (χ2v) is 6.38. The van der Waals surface area contributed by atoms with E-state index in [0.717, 1.165) is 22.3 Å². The lowest BCUT2D eigenvalue weighted by atomic mass is 10.0. The minimum absolute atomic E-state index is 0.0660. The maximum atomic E-state index is 12.4. The van der Waals surface area contributed by atoms with Crippen molar-refractivity contribution in [1.29, 1.82) is 0 Å². The first-order valence-electron chi connectivity index (χ1n) is 8.69. The summed E-state index contributed by atoms with van der Waals surface area (Å²) in [4.78, 5) is 18.3. The van der Waals surface area contributed by atoms with Crippen LogP contribution in [-0.2, 0) is 6.54 Å². The Kier molecular flexibility index (Phi) is 5.64. The van der Waals surface area contributed by atoms with Crippen LogP contribution < -0.4 is 5.32 Å². The molecule has 4 nitrogen and oxygen atoms in total. The molecule has 0 saturated carbocycles. The van der Waals surface area contributed by atoms with Crippen molar-refractivity contribution in [1.82, 2.24) is 15.2 Å². The molecule has 1 heterocycles. The average Bonchev–Trinajstić information content (AvgIpc) is 2.69. The van der Waals surface area contributed by atoms with Gasteiger partial charge in [0.1, 0.15) is 0 Å². The van der Waals surface area contributed by atoms with E-state index in [1.54, 1.807) is 18.1 Å². The minimum Gasteiger partial charge on any atom is -0.331 e. The highest BCUT2D eigenvalue weighted by Gasteiger charge is 2.13. The van der Waals surface area contributed by atoms with E-state index in [1.807, 2.05) is 67.7 Å². The second-order valence-electron chi connectivity index (χ2n) is 6.38. The number of hydrogen-bond donors (Lipinski definition) is 1. The molecule has 0 bridgehead atoms. The van der Waals surface area contributed by atoms with Crippen LogP contribution in [0, 0.1) is 0 Å². The summed E-state index contributed by atoms with van der Waals surface area (Å²) in [6.45, 7) is 2.58. The number of carbonyl (C=O) groups is 1. The van der Waals surface area contributed by atoms with E-state index in [-0.39, 0.29) is 12.1 Å². The van der Waals surface area contributed by atoms with Crippen LogP contribution in [0.4, 0.5) is 4.79 Å². The van der Waals surface area contributed by atoms with Crippen molar-refractivity contribution in [3.8, 4) is 11.1 Å². The lowest BCUT2D eigenvalue weighted by molar-refractivity contribution is 0.203. The Bertz CT molecular complexity index is 832. The van der Waals surface area contributed by atoms with Crippen molar-refractivity contribution in [2.45, 2.75) is 19.5 Å². The van der Waals surface area contributed by atoms with Crippen LogP contribution in [0.2, 0.25) is 0 Å². The van der Waals surface area contributed by atoms with Gasteiger partial charge in [-0.05, 0) is 35.2 Å². The van der Waals surface area contributed by atoms with Gasteiger partial charge in [-0.2, -0.15) is 0 Å². The van der Waals surface area contributed by atoms with Gasteiger partial charge in [-0.1, -0.05) is 60.7 Å². The minimum atomic E-state index is -0.0855. The number of rotatable bonds is 5. The summed E-state index contributed by atoms with van der Waals surface area (Å²) in [5, 5.41) is 3.05. The molecule has 132 valence electrons. The van der Waals surface area contributed by atoms with Crippen LogP contribution in [-0.4, -0.2) is 23.0 Å². The van der Waals surface area contributed by atoms with Crippen LogP contribution in [0.5, 0.6) is 0 Å². The van der Waals surface area contributed by atoms with E-state index < -0.39 is 0 Å². The van der Waals surface area contributed by atoms with Gasteiger partial charge in [-0.3, -0.25) is 4.98 Å². The van der Waals surface area contributed by atoms with Gasteiger partial charge in [0.05, 0.1) is 6.04 Å². The fourth-order valence-electron chi connectivity index (χ4n) is 2.81. The number of aromatic nitrogens is 1. The predicted octanol–water partition coefficient (Wildman–Crippen LogP) is 4.65. The molecule has 0 aliphatic heterocycles. The van der Waals surface area contributed by atoms with Crippen molar-refractivity contribution >= 4 is 6.03 Å². The third-order valence-corrected chi connectivity index (χ3v) is 4.35. The first kappa shape index (κ1) is 17.7. The highest BCUT2D eigenvalue weighted by molar-refractivity contribution is 5.74. The van der Waals surface area contributed by atoms with Crippen molar-refractivity contribution in [2.75, 3.05) is 7.05 Å². The number of nitrogens with zero attached hydrogens (tertiary/aromatic N) is 2. The molecule has 0 fully saturated rings. The summed E-state index contributed by atoms with van der Waals surface area (Å²) in [5.74, 6) is 0. The maximum Gasteiger partial charge on any atom is 0.317 e. The molecular formula is C22H23N3O. The molecule has 0 aliphatic rings. The standard InChI is InChI=1S/C22H23N3O/c1-17(24-22(26)25(2)16-18-7-4-3-5-8-18)19-10-12-20(13-11-19)21-9-6-14-23-15-21/h3-15,17H,16H2,1-2H3,(H,24,26). The smallest absolute Gasteiger partial charge is 0.317 e. The molecule has 0 aliphatic carbocycles. The quantitative estimate of drug-likeness (QED) is 0.731. The Balaban J connectivity index is 1.60. The molecule has 2 aromatic carbocycles. The van der Waals surface area contributed by atoms with Gasteiger partial charge in [0, 0.05) is 26.0 Å². The van der Waals surface area contributed by atoms with E-state index in [4.69, 9.17) is 0 Å². The number of benzene rings is 2. The SMILES string of the molecule is CC(NC(=O)N(C)Cc1ccccc1)c1ccc(-c2cccnc2)cc1. The largest absolute Gasteiger partial charge is 0.331 e. The Morgan fingerprint density at radius 2 is 1.73 bits per heavy atom. The molecule has 26 heavy (non-hydrogen) atoms. The monoisotopic (exact) mass is 345 g/mol. The Hall–Kier alpha value is -3.14. The van der Waals surface area contributed by atoms with E-state index >= 15 is 0 Å². The molecule has 3 rings (SSSR count). The number of urea groups is 1. The molecule has 4 heteroatoms. The normalized spacial score (nSPS) is 11.6. The maximum absolute atomic E-state index is 12.4. The van der Waals surface area contributed by atoms with Crippen LogP contribution in [0.25, 0.3) is 11.1 Å². The molecule has 0 saturated heterocycles. The fraction of sp³-hybridized carbons (Fsp3) is 0.182. The van der Waals surface area contributed by atoms with Crippen molar-refractivity contribution in [3.05, 3.63) is 90.3 Å². The summed E-state index contributed by atoms with van der Waals surface area (Å²) in [5.41, 5.74) is 4.37. The van der Waals surface area contributed by atoms with Crippen molar-refractivity contribution in [3.63, 3.8) is 0 Å². The number of amides is 2. The first-order valence-corrected chi connectivity index (χ1v) is 8.69. The molecular weight excluding hydrogens is 322 g/mol. The molecule has 1 aromatic heterocycles. The summed E-state index contributed by atoms with van der Waals surface area (Å²) in [6.07, 6.45) is 3.61. The summed E-state index contributed by atoms with van der Waals surface area (Å²) in [7, 11) is 1.81. The zero-order chi connectivity index (χ0) is 18.4. The van der Waals surface area contributed by atoms with E-state index in [0.29, 0.717) is 6.54 Å².